The number of fused-ring (bicyclic) bond motifs is 2. The largest absolute Gasteiger partial charge is 0.396 e. The lowest BCUT2D eigenvalue weighted by Gasteiger charge is -2.30. The quantitative estimate of drug-likeness (QED) is 0.895. The van der Waals surface area contributed by atoms with Gasteiger partial charge in [0.2, 0.25) is 5.91 Å². The molecule has 122 valence electrons. The molecule has 1 aromatic heterocycles. The molecule has 0 aromatic carbocycles. The van der Waals surface area contributed by atoms with Gasteiger partial charge in [0.15, 0.2) is 0 Å². The molecule has 2 aliphatic carbocycles. The lowest BCUT2D eigenvalue weighted by molar-refractivity contribution is -0.122. The zero-order valence-electron chi connectivity index (χ0n) is 13.6. The van der Waals surface area contributed by atoms with Gasteiger partial charge in [-0.1, -0.05) is 20.8 Å². The highest BCUT2D eigenvalue weighted by Crippen LogP contribution is 2.48. The van der Waals surface area contributed by atoms with Gasteiger partial charge in [-0.2, -0.15) is 0 Å². The van der Waals surface area contributed by atoms with E-state index in [1.165, 1.54) is 19.3 Å². The fraction of sp³-hybridized carbons (Fsp3) is 0.765. The molecule has 0 saturated heterocycles. The summed E-state index contributed by atoms with van der Waals surface area (Å²) in [7, 11) is 0. The summed E-state index contributed by atoms with van der Waals surface area (Å²) in [6.07, 6.45) is 3.92. The number of aliphatic hydroxyl groups is 1. The second-order valence-electron chi connectivity index (χ2n) is 7.84. The number of rotatable bonds is 4. The number of nitrogens with one attached hydrogen (secondary N) is 1. The Morgan fingerprint density at radius 2 is 2.14 bits per heavy atom. The average molecular weight is 322 g/mol. The van der Waals surface area contributed by atoms with E-state index in [0.717, 1.165) is 10.7 Å². The Bertz CT molecular complexity index is 549. The molecule has 4 atom stereocenters. The summed E-state index contributed by atoms with van der Waals surface area (Å²) in [6.45, 7) is 6.60. The summed E-state index contributed by atoms with van der Waals surface area (Å²) in [5.74, 6) is 1.46. The molecular formula is C17H26N2O2S. The molecule has 2 bridgehead atoms. The molecule has 3 rings (SSSR count). The topological polar surface area (TPSA) is 62.2 Å². The van der Waals surface area contributed by atoms with Crippen LogP contribution >= 0.6 is 11.3 Å². The first-order valence-electron chi connectivity index (χ1n) is 8.23. The Labute approximate surface area is 136 Å². The number of thiazole rings is 1. The van der Waals surface area contributed by atoms with Gasteiger partial charge < -0.3 is 10.4 Å². The molecule has 4 unspecified atom stereocenters. The predicted octanol–water partition coefficient (Wildman–Crippen LogP) is 2.51. The number of nitrogens with zero attached hydrogens (tertiary/aromatic N) is 1. The van der Waals surface area contributed by atoms with Crippen LogP contribution in [0.5, 0.6) is 0 Å². The van der Waals surface area contributed by atoms with Crippen LogP contribution in [0.1, 0.15) is 50.7 Å². The number of amides is 1. The van der Waals surface area contributed by atoms with Gasteiger partial charge in [-0.3, -0.25) is 4.79 Å². The molecule has 5 heteroatoms. The van der Waals surface area contributed by atoms with E-state index in [9.17, 15) is 9.90 Å². The van der Waals surface area contributed by atoms with E-state index in [4.69, 9.17) is 0 Å². The van der Waals surface area contributed by atoms with E-state index >= 15 is 0 Å². The lowest BCUT2D eigenvalue weighted by Crippen LogP contribution is -2.45. The molecule has 1 heterocycles. The Balaban J connectivity index is 1.60. The third-order valence-electron chi connectivity index (χ3n) is 5.16. The van der Waals surface area contributed by atoms with Crippen molar-refractivity contribution in [2.75, 3.05) is 6.61 Å². The Hall–Kier alpha value is -0.940. The van der Waals surface area contributed by atoms with Crippen LogP contribution in [0.15, 0.2) is 5.38 Å². The highest BCUT2D eigenvalue weighted by atomic mass is 32.1. The van der Waals surface area contributed by atoms with E-state index in [1.807, 2.05) is 5.38 Å². The summed E-state index contributed by atoms with van der Waals surface area (Å²) in [6, 6.07) is 0.164. The first-order valence-corrected chi connectivity index (χ1v) is 9.11. The van der Waals surface area contributed by atoms with Crippen molar-refractivity contribution in [1.29, 1.82) is 0 Å². The molecule has 0 aliphatic heterocycles. The minimum Gasteiger partial charge on any atom is -0.396 e. The third-order valence-corrected chi connectivity index (χ3v) is 6.48. The summed E-state index contributed by atoms with van der Waals surface area (Å²) >= 11 is 1.63. The highest BCUT2D eigenvalue weighted by molar-refractivity contribution is 7.09. The van der Waals surface area contributed by atoms with E-state index in [2.05, 4.69) is 31.1 Å². The van der Waals surface area contributed by atoms with Crippen LogP contribution in [0.3, 0.4) is 0 Å². The predicted molar refractivity (Wildman–Crippen MR) is 87.9 cm³/mol. The zero-order valence-corrected chi connectivity index (χ0v) is 14.4. The van der Waals surface area contributed by atoms with Crippen molar-refractivity contribution in [3.05, 3.63) is 16.1 Å². The highest BCUT2D eigenvalue weighted by Gasteiger charge is 2.47. The van der Waals surface area contributed by atoms with Crippen molar-refractivity contribution in [1.82, 2.24) is 10.3 Å². The molecule has 0 spiro atoms. The third kappa shape index (κ3) is 3.06. The van der Waals surface area contributed by atoms with Gasteiger partial charge >= 0.3 is 0 Å². The fourth-order valence-electron chi connectivity index (χ4n) is 4.03. The van der Waals surface area contributed by atoms with Crippen LogP contribution in [0.4, 0.5) is 0 Å². The number of hydrogen-bond donors (Lipinski definition) is 2. The molecule has 1 aromatic rings. The maximum atomic E-state index is 12.3. The lowest BCUT2D eigenvalue weighted by atomic mass is 9.85. The number of aromatic nitrogens is 1. The minimum atomic E-state index is 0.0337. The summed E-state index contributed by atoms with van der Waals surface area (Å²) in [4.78, 5) is 16.9. The molecule has 0 radical (unpaired) electrons. The molecule has 2 saturated carbocycles. The van der Waals surface area contributed by atoms with Gasteiger partial charge in [0.05, 0.1) is 17.1 Å². The number of carbonyl (C=O) groups excluding carboxylic acids is 1. The van der Waals surface area contributed by atoms with Gasteiger partial charge in [-0.15, -0.1) is 11.3 Å². The molecule has 22 heavy (non-hydrogen) atoms. The van der Waals surface area contributed by atoms with Gasteiger partial charge in [0, 0.05) is 29.4 Å². The van der Waals surface area contributed by atoms with Crippen LogP contribution in [-0.2, 0) is 16.6 Å². The van der Waals surface area contributed by atoms with E-state index < -0.39 is 0 Å². The zero-order chi connectivity index (χ0) is 15.9. The van der Waals surface area contributed by atoms with Crippen molar-refractivity contribution < 1.29 is 9.90 Å². The fourth-order valence-corrected chi connectivity index (χ4v) is 4.94. The van der Waals surface area contributed by atoms with Crippen molar-refractivity contribution in [2.24, 2.45) is 17.8 Å². The molecule has 2 N–H and O–H groups in total. The van der Waals surface area contributed by atoms with Crippen molar-refractivity contribution >= 4 is 17.2 Å². The van der Waals surface area contributed by atoms with Crippen LogP contribution in [0.2, 0.25) is 0 Å². The maximum Gasteiger partial charge on any atom is 0.226 e. The Morgan fingerprint density at radius 1 is 1.41 bits per heavy atom. The van der Waals surface area contributed by atoms with Gasteiger partial charge in [0.1, 0.15) is 0 Å². The maximum absolute atomic E-state index is 12.3. The first kappa shape index (κ1) is 15.9. The first-order chi connectivity index (χ1) is 10.4. The number of carbonyl (C=O) groups is 1. The van der Waals surface area contributed by atoms with Gasteiger partial charge in [-0.05, 0) is 31.1 Å². The number of aliphatic hydroxyl groups excluding tert-OH is 1. The van der Waals surface area contributed by atoms with Gasteiger partial charge in [-0.25, -0.2) is 4.98 Å². The van der Waals surface area contributed by atoms with Crippen molar-refractivity contribution in [3.8, 4) is 0 Å². The Morgan fingerprint density at radius 3 is 2.77 bits per heavy atom. The summed E-state index contributed by atoms with van der Waals surface area (Å²) in [5.41, 5.74) is 0.891. The molecule has 1 amide bonds. The monoisotopic (exact) mass is 322 g/mol. The SMILES string of the molecule is CC(C)(C)c1nc(CC(=O)NC2C3CCC(C3)C2CO)cs1. The van der Waals surface area contributed by atoms with Crippen LogP contribution < -0.4 is 5.32 Å². The summed E-state index contributed by atoms with van der Waals surface area (Å²) < 4.78 is 0. The van der Waals surface area contributed by atoms with Crippen molar-refractivity contribution in [3.63, 3.8) is 0 Å². The van der Waals surface area contributed by atoms with E-state index in [0.29, 0.717) is 18.3 Å². The van der Waals surface area contributed by atoms with Crippen LogP contribution in [-0.4, -0.2) is 28.6 Å². The molecule has 4 nitrogen and oxygen atoms in total. The van der Waals surface area contributed by atoms with E-state index in [1.54, 1.807) is 11.3 Å². The standard InChI is InChI=1S/C17H26N2O2S/c1-17(2,3)16-18-12(9-22-16)7-14(21)19-15-11-5-4-10(6-11)13(15)8-20/h9-11,13,15,20H,4-8H2,1-3H3,(H,19,21). The smallest absolute Gasteiger partial charge is 0.226 e. The normalized spacial score (nSPS) is 30.7. The second kappa shape index (κ2) is 5.93. The van der Waals surface area contributed by atoms with E-state index in [-0.39, 0.29) is 29.9 Å². The minimum absolute atomic E-state index is 0.0337. The van der Waals surface area contributed by atoms with Crippen molar-refractivity contribution in [2.45, 2.75) is 57.9 Å². The molecule has 2 fully saturated rings. The summed E-state index contributed by atoms with van der Waals surface area (Å²) in [5, 5.41) is 15.8. The number of hydrogen-bond acceptors (Lipinski definition) is 4. The van der Waals surface area contributed by atoms with Crippen LogP contribution in [0.25, 0.3) is 0 Å². The second-order valence-corrected chi connectivity index (χ2v) is 8.70. The Kier molecular flexibility index (Phi) is 4.29. The molecule has 2 aliphatic rings. The molecular weight excluding hydrogens is 296 g/mol. The van der Waals surface area contributed by atoms with Crippen LogP contribution in [0, 0.1) is 17.8 Å². The van der Waals surface area contributed by atoms with Gasteiger partial charge in [0.25, 0.3) is 0 Å². The average Bonchev–Trinajstić information content (AvgIpc) is 3.12.